The second kappa shape index (κ2) is 7.97. The number of fused-ring (bicyclic) bond motifs is 1. The van der Waals surface area contributed by atoms with Crippen molar-refractivity contribution in [3.05, 3.63) is 35.9 Å². The second-order valence-corrected chi connectivity index (χ2v) is 7.33. The molecule has 2 aliphatic heterocycles. The van der Waals surface area contributed by atoms with Gasteiger partial charge in [0.2, 0.25) is 5.91 Å². The van der Waals surface area contributed by atoms with Crippen LogP contribution < -0.4 is 5.32 Å². The molecule has 1 aromatic rings. The van der Waals surface area contributed by atoms with E-state index in [2.05, 4.69) is 10.2 Å². The summed E-state index contributed by atoms with van der Waals surface area (Å²) in [5.41, 5.74) is 0.717. The zero-order chi connectivity index (χ0) is 16.1. The van der Waals surface area contributed by atoms with Crippen LogP contribution in [0.5, 0.6) is 0 Å². The maximum absolute atomic E-state index is 12.1. The first-order valence-electron chi connectivity index (χ1n) is 8.43. The highest BCUT2D eigenvalue weighted by Gasteiger charge is 2.36. The van der Waals surface area contributed by atoms with Gasteiger partial charge >= 0.3 is 0 Å². The van der Waals surface area contributed by atoms with Gasteiger partial charge in [0.1, 0.15) is 0 Å². The van der Waals surface area contributed by atoms with Gasteiger partial charge in [-0.15, -0.1) is 11.8 Å². The first kappa shape index (κ1) is 16.5. The summed E-state index contributed by atoms with van der Waals surface area (Å²) >= 11 is 1.40. The van der Waals surface area contributed by atoms with Crippen LogP contribution in [-0.4, -0.2) is 53.3 Å². The van der Waals surface area contributed by atoms with Gasteiger partial charge in [-0.1, -0.05) is 36.8 Å². The summed E-state index contributed by atoms with van der Waals surface area (Å²) in [7, 11) is 0. The van der Waals surface area contributed by atoms with Crippen LogP contribution in [0.1, 0.15) is 36.0 Å². The lowest BCUT2D eigenvalue weighted by atomic mass is 9.99. The molecule has 2 atom stereocenters. The molecule has 0 saturated carbocycles. The van der Waals surface area contributed by atoms with E-state index in [0.29, 0.717) is 29.2 Å². The number of hydrogen-bond acceptors (Lipinski definition) is 4. The average molecular weight is 332 g/mol. The summed E-state index contributed by atoms with van der Waals surface area (Å²) in [6, 6.07) is 10.1. The molecule has 4 nitrogen and oxygen atoms in total. The number of Topliss-reactive ketones (excluding diaryl/α,β-unsaturated/α-hetero) is 1. The van der Waals surface area contributed by atoms with Gasteiger partial charge in [-0.25, -0.2) is 0 Å². The number of amides is 1. The average Bonchev–Trinajstić information content (AvgIpc) is 2.99. The SMILES string of the molecule is O=C(CSCC(=O)c1ccccc1)NC1CCN2CCCCC12. The fraction of sp³-hybridized carbons (Fsp3) is 0.556. The minimum Gasteiger partial charge on any atom is -0.351 e. The van der Waals surface area contributed by atoms with E-state index in [1.54, 1.807) is 0 Å². The van der Waals surface area contributed by atoms with Crippen molar-refractivity contribution in [2.45, 2.75) is 37.8 Å². The molecule has 0 aliphatic carbocycles. The van der Waals surface area contributed by atoms with Crippen molar-refractivity contribution < 1.29 is 9.59 Å². The van der Waals surface area contributed by atoms with E-state index in [1.807, 2.05) is 30.3 Å². The van der Waals surface area contributed by atoms with Crippen LogP contribution >= 0.6 is 11.8 Å². The van der Waals surface area contributed by atoms with Crippen molar-refractivity contribution in [1.82, 2.24) is 10.2 Å². The Morgan fingerprint density at radius 1 is 1.09 bits per heavy atom. The number of thioether (sulfide) groups is 1. The molecule has 1 aromatic carbocycles. The molecular weight excluding hydrogens is 308 g/mol. The molecule has 1 amide bonds. The number of hydrogen-bond donors (Lipinski definition) is 1. The minimum absolute atomic E-state index is 0.0632. The molecular formula is C18H24N2O2S. The summed E-state index contributed by atoms with van der Waals surface area (Å²) in [6.45, 7) is 2.28. The highest BCUT2D eigenvalue weighted by atomic mass is 32.2. The monoisotopic (exact) mass is 332 g/mol. The fourth-order valence-corrected chi connectivity index (χ4v) is 4.33. The lowest BCUT2D eigenvalue weighted by Gasteiger charge is -2.32. The van der Waals surface area contributed by atoms with Crippen LogP contribution in [-0.2, 0) is 4.79 Å². The number of carbonyl (C=O) groups is 2. The molecule has 1 N–H and O–H groups in total. The van der Waals surface area contributed by atoms with Crippen LogP contribution in [0.4, 0.5) is 0 Å². The number of nitrogens with zero attached hydrogens (tertiary/aromatic N) is 1. The smallest absolute Gasteiger partial charge is 0.230 e. The normalized spacial score (nSPS) is 24.2. The van der Waals surface area contributed by atoms with E-state index in [9.17, 15) is 9.59 Å². The molecule has 23 heavy (non-hydrogen) atoms. The van der Waals surface area contributed by atoms with Crippen LogP contribution in [0.3, 0.4) is 0 Å². The molecule has 0 spiro atoms. The minimum atomic E-state index is 0.0632. The van der Waals surface area contributed by atoms with Crippen LogP contribution in [0.2, 0.25) is 0 Å². The predicted octanol–water partition coefficient (Wildman–Crippen LogP) is 2.35. The van der Waals surface area contributed by atoms with Gasteiger partial charge in [0.05, 0.1) is 11.5 Å². The topological polar surface area (TPSA) is 49.4 Å². The molecule has 0 bridgehead atoms. The van der Waals surface area contributed by atoms with Gasteiger partial charge in [-0.05, 0) is 25.8 Å². The molecule has 2 saturated heterocycles. The van der Waals surface area contributed by atoms with Crippen LogP contribution in [0, 0.1) is 0 Å². The third-order valence-electron chi connectivity index (χ3n) is 4.76. The molecule has 0 radical (unpaired) electrons. The summed E-state index contributed by atoms with van der Waals surface area (Å²) in [6.07, 6.45) is 4.82. The van der Waals surface area contributed by atoms with Crippen molar-refractivity contribution in [2.75, 3.05) is 24.6 Å². The number of rotatable bonds is 6. The highest BCUT2D eigenvalue weighted by molar-refractivity contribution is 8.00. The number of ketones is 1. The molecule has 2 heterocycles. The second-order valence-electron chi connectivity index (χ2n) is 6.34. The quantitative estimate of drug-likeness (QED) is 0.813. The van der Waals surface area contributed by atoms with Crippen molar-refractivity contribution in [3.63, 3.8) is 0 Å². The van der Waals surface area contributed by atoms with Gasteiger partial charge in [0, 0.05) is 24.2 Å². The molecule has 2 unspecified atom stereocenters. The summed E-state index contributed by atoms with van der Waals surface area (Å²) in [4.78, 5) is 26.6. The number of benzene rings is 1. The van der Waals surface area contributed by atoms with Gasteiger partial charge in [-0.2, -0.15) is 0 Å². The van der Waals surface area contributed by atoms with E-state index in [4.69, 9.17) is 0 Å². The standard InChI is InChI=1S/C18H24N2O2S/c21-17(14-6-2-1-3-7-14)12-23-13-18(22)19-15-9-11-20-10-5-4-8-16(15)20/h1-3,6-7,15-16H,4-5,8-13H2,(H,19,22). The predicted molar refractivity (Wildman–Crippen MR) is 93.9 cm³/mol. The first-order chi connectivity index (χ1) is 11.2. The molecule has 0 aromatic heterocycles. The lowest BCUT2D eigenvalue weighted by molar-refractivity contribution is -0.119. The molecule has 5 heteroatoms. The van der Waals surface area contributed by atoms with Gasteiger partial charge in [0.15, 0.2) is 5.78 Å². The maximum Gasteiger partial charge on any atom is 0.230 e. The van der Waals surface area contributed by atoms with Gasteiger partial charge in [0.25, 0.3) is 0 Å². The van der Waals surface area contributed by atoms with Crippen LogP contribution in [0.25, 0.3) is 0 Å². The van der Waals surface area contributed by atoms with Crippen molar-refractivity contribution in [2.24, 2.45) is 0 Å². The number of carbonyl (C=O) groups excluding carboxylic acids is 2. The third kappa shape index (κ3) is 4.36. The highest BCUT2D eigenvalue weighted by Crippen LogP contribution is 2.27. The van der Waals surface area contributed by atoms with E-state index in [-0.39, 0.29) is 11.7 Å². The molecule has 3 rings (SSSR count). The zero-order valence-electron chi connectivity index (χ0n) is 13.4. The molecule has 124 valence electrons. The third-order valence-corrected chi connectivity index (χ3v) is 5.70. The largest absolute Gasteiger partial charge is 0.351 e. The lowest BCUT2D eigenvalue weighted by Crippen LogP contribution is -2.47. The van der Waals surface area contributed by atoms with E-state index >= 15 is 0 Å². The first-order valence-corrected chi connectivity index (χ1v) is 9.59. The Hall–Kier alpha value is -1.33. The van der Waals surface area contributed by atoms with Gasteiger partial charge < -0.3 is 5.32 Å². The van der Waals surface area contributed by atoms with Gasteiger partial charge in [-0.3, -0.25) is 14.5 Å². The summed E-state index contributed by atoms with van der Waals surface area (Å²) in [5, 5.41) is 3.18. The Morgan fingerprint density at radius 3 is 2.74 bits per heavy atom. The molecule has 2 aliphatic rings. The summed E-state index contributed by atoms with van der Waals surface area (Å²) in [5.74, 6) is 0.871. The Kier molecular flexibility index (Phi) is 5.73. The van der Waals surface area contributed by atoms with Crippen molar-refractivity contribution in [3.8, 4) is 0 Å². The van der Waals surface area contributed by atoms with Crippen molar-refractivity contribution in [1.29, 1.82) is 0 Å². The van der Waals surface area contributed by atoms with Crippen LogP contribution in [0.15, 0.2) is 30.3 Å². The Bertz CT molecular complexity index is 549. The Balaban J connectivity index is 1.39. The van der Waals surface area contributed by atoms with E-state index < -0.39 is 0 Å². The van der Waals surface area contributed by atoms with Crippen molar-refractivity contribution >= 4 is 23.5 Å². The number of piperidine rings is 1. The molecule has 2 fully saturated rings. The zero-order valence-corrected chi connectivity index (χ0v) is 14.2. The Morgan fingerprint density at radius 2 is 1.91 bits per heavy atom. The Labute approximate surface area is 142 Å². The van der Waals surface area contributed by atoms with E-state index in [0.717, 1.165) is 13.0 Å². The van der Waals surface area contributed by atoms with E-state index in [1.165, 1.54) is 37.6 Å². The fourth-order valence-electron chi connectivity index (χ4n) is 3.61. The summed E-state index contributed by atoms with van der Waals surface area (Å²) < 4.78 is 0. The maximum atomic E-state index is 12.1. The number of nitrogens with one attached hydrogen (secondary N) is 1.